The van der Waals surface area contributed by atoms with Gasteiger partial charge in [-0.05, 0) is 25.7 Å². The van der Waals surface area contributed by atoms with Crippen LogP contribution < -0.4 is 11.1 Å². The summed E-state index contributed by atoms with van der Waals surface area (Å²) in [6.07, 6.45) is 3.45. The number of amides is 1. The fraction of sp³-hybridized carbons (Fsp3) is 0.727. The summed E-state index contributed by atoms with van der Waals surface area (Å²) in [4.78, 5) is 15.6. The standard InChI is InChI=1S/C11H19N5O2/c1-8(9-2-4-18-5-3-9)14-10(17)6-16-7-13-11(12)15-16/h7-9H,2-6H2,1H3,(H2,12,15)(H,14,17). The lowest BCUT2D eigenvalue weighted by molar-refractivity contribution is -0.123. The number of hydrogen-bond donors (Lipinski definition) is 2. The van der Waals surface area contributed by atoms with Gasteiger partial charge in [-0.1, -0.05) is 0 Å². The van der Waals surface area contributed by atoms with Crippen molar-refractivity contribution in [3.05, 3.63) is 6.33 Å². The van der Waals surface area contributed by atoms with Crippen LogP contribution in [0.3, 0.4) is 0 Å². The summed E-state index contributed by atoms with van der Waals surface area (Å²) in [5, 5.41) is 6.86. The molecule has 3 N–H and O–H groups in total. The second kappa shape index (κ2) is 5.81. The number of nitrogens with two attached hydrogens (primary N) is 1. The Morgan fingerprint density at radius 1 is 1.67 bits per heavy atom. The van der Waals surface area contributed by atoms with Gasteiger partial charge in [0.25, 0.3) is 0 Å². The Hall–Kier alpha value is -1.63. The molecule has 1 aromatic rings. The van der Waals surface area contributed by atoms with Gasteiger partial charge in [0.1, 0.15) is 12.9 Å². The van der Waals surface area contributed by atoms with Gasteiger partial charge in [0.2, 0.25) is 11.9 Å². The zero-order valence-corrected chi connectivity index (χ0v) is 10.5. The van der Waals surface area contributed by atoms with Crippen molar-refractivity contribution in [1.29, 1.82) is 0 Å². The number of carbonyl (C=O) groups is 1. The number of ether oxygens (including phenoxy) is 1. The van der Waals surface area contributed by atoms with Gasteiger partial charge in [-0.25, -0.2) is 9.67 Å². The molecule has 1 amide bonds. The van der Waals surface area contributed by atoms with Crippen LogP contribution >= 0.6 is 0 Å². The highest BCUT2D eigenvalue weighted by molar-refractivity contribution is 5.75. The Labute approximate surface area is 106 Å². The van der Waals surface area contributed by atoms with Crippen LogP contribution in [0.4, 0.5) is 5.95 Å². The molecule has 7 nitrogen and oxygen atoms in total. The van der Waals surface area contributed by atoms with E-state index < -0.39 is 0 Å². The normalized spacial score (nSPS) is 18.5. The quantitative estimate of drug-likeness (QED) is 0.774. The number of nitrogens with zero attached hydrogens (tertiary/aromatic N) is 3. The van der Waals surface area contributed by atoms with Gasteiger partial charge in [0.05, 0.1) is 0 Å². The van der Waals surface area contributed by atoms with Crippen LogP contribution in [0, 0.1) is 5.92 Å². The lowest BCUT2D eigenvalue weighted by atomic mass is 9.93. The van der Waals surface area contributed by atoms with Crippen molar-refractivity contribution in [2.45, 2.75) is 32.4 Å². The molecule has 0 aromatic carbocycles. The second-order valence-electron chi connectivity index (χ2n) is 4.61. The molecule has 0 saturated carbocycles. The fourth-order valence-electron chi connectivity index (χ4n) is 2.17. The third-order valence-corrected chi connectivity index (χ3v) is 3.22. The van der Waals surface area contributed by atoms with Crippen molar-refractivity contribution in [3.8, 4) is 0 Å². The molecule has 2 heterocycles. The van der Waals surface area contributed by atoms with Gasteiger partial charge in [-0.2, -0.15) is 0 Å². The molecule has 7 heteroatoms. The lowest BCUT2D eigenvalue weighted by Crippen LogP contribution is -2.41. The molecule has 1 aliphatic rings. The van der Waals surface area contributed by atoms with Crippen molar-refractivity contribution >= 4 is 11.9 Å². The number of rotatable bonds is 4. The smallest absolute Gasteiger partial charge is 0.242 e. The highest BCUT2D eigenvalue weighted by Crippen LogP contribution is 2.18. The first-order chi connectivity index (χ1) is 8.65. The Kier molecular flexibility index (Phi) is 4.14. The third-order valence-electron chi connectivity index (χ3n) is 3.22. The molecular weight excluding hydrogens is 234 g/mol. The minimum absolute atomic E-state index is 0.0705. The second-order valence-corrected chi connectivity index (χ2v) is 4.61. The van der Waals surface area contributed by atoms with Crippen molar-refractivity contribution in [1.82, 2.24) is 20.1 Å². The van der Waals surface area contributed by atoms with E-state index in [0.717, 1.165) is 26.1 Å². The molecule has 0 spiro atoms. The van der Waals surface area contributed by atoms with E-state index in [9.17, 15) is 4.79 Å². The fourth-order valence-corrected chi connectivity index (χ4v) is 2.17. The van der Waals surface area contributed by atoms with Gasteiger partial charge in [-0.15, -0.1) is 5.10 Å². The predicted octanol–water partition coefficient (Wildman–Crippen LogP) is -0.208. The van der Waals surface area contributed by atoms with Crippen molar-refractivity contribution in [2.24, 2.45) is 5.92 Å². The highest BCUT2D eigenvalue weighted by atomic mass is 16.5. The first-order valence-electron chi connectivity index (χ1n) is 6.17. The molecule has 0 radical (unpaired) electrons. The molecular formula is C11H19N5O2. The summed E-state index contributed by atoms with van der Waals surface area (Å²) in [7, 11) is 0. The molecule has 18 heavy (non-hydrogen) atoms. The van der Waals surface area contributed by atoms with E-state index >= 15 is 0 Å². The maximum Gasteiger partial charge on any atom is 0.242 e. The molecule has 1 aliphatic heterocycles. The number of anilines is 1. The van der Waals surface area contributed by atoms with E-state index in [-0.39, 0.29) is 24.4 Å². The van der Waals surface area contributed by atoms with Gasteiger partial charge in [0.15, 0.2) is 0 Å². The van der Waals surface area contributed by atoms with E-state index in [2.05, 4.69) is 15.4 Å². The number of aromatic nitrogens is 3. The minimum Gasteiger partial charge on any atom is -0.381 e. The first kappa shape index (κ1) is 12.8. The maximum absolute atomic E-state index is 11.8. The van der Waals surface area contributed by atoms with Gasteiger partial charge < -0.3 is 15.8 Å². The van der Waals surface area contributed by atoms with Crippen molar-refractivity contribution in [2.75, 3.05) is 18.9 Å². The molecule has 100 valence electrons. The Morgan fingerprint density at radius 3 is 3.00 bits per heavy atom. The van der Waals surface area contributed by atoms with Crippen molar-refractivity contribution in [3.63, 3.8) is 0 Å². The zero-order valence-electron chi connectivity index (χ0n) is 10.5. The highest BCUT2D eigenvalue weighted by Gasteiger charge is 2.21. The van der Waals surface area contributed by atoms with Gasteiger partial charge >= 0.3 is 0 Å². The van der Waals surface area contributed by atoms with Crippen molar-refractivity contribution < 1.29 is 9.53 Å². The Bertz CT molecular complexity index is 400. The van der Waals surface area contributed by atoms with Crippen LogP contribution in [-0.4, -0.2) is 39.9 Å². The van der Waals surface area contributed by atoms with Crippen LogP contribution in [0.15, 0.2) is 6.33 Å². The largest absolute Gasteiger partial charge is 0.381 e. The summed E-state index contributed by atoms with van der Waals surface area (Å²) < 4.78 is 6.74. The summed E-state index contributed by atoms with van der Waals surface area (Å²) in [6, 6.07) is 0.155. The molecule has 0 aliphatic carbocycles. The van der Waals surface area contributed by atoms with Crippen LogP contribution in [0.2, 0.25) is 0 Å². The van der Waals surface area contributed by atoms with E-state index in [4.69, 9.17) is 10.5 Å². The number of nitrogens with one attached hydrogen (secondary N) is 1. The van der Waals surface area contributed by atoms with Crippen LogP contribution in [-0.2, 0) is 16.1 Å². The Morgan fingerprint density at radius 2 is 2.39 bits per heavy atom. The number of nitrogen functional groups attached to an aromatic ring is 1. The predicted molar refractivity (Wildman–Crippen MR) is 65.6 cm³/mol. The summed E-state index contributed by atoms with van der Waals surface area (Å²) in [5.74, 6) is 0.600. The molecule has 1 unspecified atom stereocenters. The maximum atomic E-state index is 11.8. The number of carbonyl (C=O) groups excluding carboxylic acids is 1. The molecule has 1 saturated heterocycles. The van der Waals surface area contributed by atoms with Crippen LogP contribution in [0.25, 0.3) is 0 Å². The summed E-state index contributed by atoms with van der Waals surface area (Å²) >= 11 is 0. The number of hydrogen-bond acceptors (Lipinski definition) is 5. The average molecular weight is 253 g/mol. The van der Waals surface area contributed by atoms with E-state index in [0.29, 0.717) is 5.92 Å². The average Bonchev–Trinajstić information content (AvgIpc) is 2.75. The molecule has 0 bridgehead atoms. The van der Waals surface area contributed by atoms with E-state index in [1.165, 1.54) is 11.0 Å². The Balaban J connectivity index is 1.79. The molecule has 1 atom stereocenters. The topological polar surface area (TPSA) is 95.1 Å². The molecule has 2 rings (SSSR count). The first-order valence-corrected chi connectivity index (χ1v) is 6.17. The summed E-state index contributed by atoms with van der Waals surface area (Å²) in [5.41, 5.74) is 5.38. The molecule has 1 aromatic heterocycles. The minimum atomic E-state index is -0.0705. The van der Waals surface area contributed by atoms with E-state index in [1.807, 2.05) is 6.92 Å². The van der Waals surface area contributed by atoms with Gasteiger partial charge in [0, 0.05) is 19.3 Å². The van der Waals surface area contributed by atoms with Crippen LogP contribution in [0.1, 0.15) is 19.8 Å². The third kappa shape index (κ3) is 3.43. The summed E-state index contributed by atoms with van der Waals surface area (Å²) in [6.45, 7) is 3.75. The van der Waals surface area contributed by atoms with E-state index in [1.54, 1.807) is 0 Å². The SMILES string of the molecule is CC(NC(=O)Cn1cnc(N)n1)C1CCOCC1. The molecule has 1 fully saturated rings. The van der Waals surface area contributed by atoms with Crippen LogP contribution in [0.5, 0.6) is 0 Å². The lowest BCUT2D eigenvalue weighted by Gasteiger charge is -2.28. The van der Waals surface area contributed by atoms with Gasteiger partial charge in [-0.3, -0.25) is 4.79 Å². The zero-order chi connectivity index (χ0) is 13.0. The monoisotopic (exact) mass is 253 g/mol.